The molecule has 20 heavy (non-hydrogen) atoms. The number of rotatable bonds is 4. The Balaban J connectivity index is 2.02. The molecule has 1 aliphatic carbocycles. The van der Waals surface area contributed by atoms with Crippen molar-refractivity contribution in [1.82, 2.24) is 5.32 Å². The molecule has 1 aromatic carbocycles. The summed E-state index contributed by atoms with van der Waals surface area (Å²) in [4.78, 5) is 22.4. The van der Waals surface area contributed by atoms with Gasteiger partial charge in [-0.15, -0.1) is 11.6 Å². The van der Waals surface area contributed by atoms with Crippen LogP contribution in [-0.4, -0.2) is 22.8 Å². The number of halogens is 1. The molecule has 2 atom stereocenters. The van der Waals surface area contributed by atoms with E-state index >= 15 is 0 Å². The fourth-order valence-electron chi connectivity index (χ4n) is 2.49. The second-order valence-corrected chi connectivity index (χ2v) is 5.74. The minimum atomic E-state index is -0.474. The van der Waals surface area contributed by atoms with Crippen molar-refractivity contribution in [2.45, 2.75) is 31.6 Å². The predicted octanol–water partition coefficient (Wildman–Crippen LogP) is 3.04. The minimum Gasteiger partial charge on any atom is -0.352 e. The summed E-state index contributed by atoms with van der Waals surface area (Å²) in [7, 11) is 0. The highest BCUT2D eigenvalue weighted by Gasteiger charge is 2.25. The molecule has 1 aromatic rings. The van der Waals surface area contributed by atoms with Crippen LogP contribution in [0.25, 0.3) is 0 Å². The Kier molecular flexibility index (Phi) is 4.60. The molecule has 0 spiro atoms. The molecule has 0 saturated heterocycles. The first-order chi connectivity index (χ1) is 9.49. The molecular weight excluding hydrogens is 280 g/mol. The van der Waals surface area contributed by atoms with Crippen molar-refractivity contribution in [3.63, 3.8) is 0 Å². The van der Waals surface area contributed by atoms with Crippen molar-refractivity contribution in [2.24, 2.45) is 5.92 Å². The Morgan fingerprint density at radius 3 is 2.85 bits per heavy atom. The maximum Gasteiger partial charge on any atom is 0.273 e. The highest BCUT2D eigenvalue weighted by atomic mass is 35.5. The van der Waals surface area contributed by atoms with Crippen LogP contribution in [0.5, 0.6) is 0 Å². The molecule has 1 amide bonds. The summed E-state index contributed by atoms with van der Waals surface area (Å²) in [5.41, 5.74) is 0.823. The monoisotopic (exact) mass is 296 g/mol. The van der Waals surface area contributed by atoms with Gasteiger partial charge in [0, 0.05) is 29.1 Å². The summed E-state index contributed by atoms with van der Waals surface area (Å²) >= 11 is 6.15. The van der Waals surface area contributed by atoms with Gasteiger partial charge in [0.15, 0.2) is 0 Å². The van der Waals surface area contributed by atoms with Crippen LogP contribution in [0, 0.1) is 23.0 Å². The Morgan fingerprint density at radius 2 is 2.25 bits per heavy atom. The van der Waals surface area contributed by atoms with Crippen LogP contribution in [0.3, 0.4) is 0 Å². The van der Waals surface area contributed by atoms with Crippen LogP contribution in [0.4, 0.5) is 5.69 Å². The van der Waals surface area contributed by atoms with E-state index in [1.165, 1.54) is 6.07 Å². The van der Waals surface area contributed by atoms with Gasteiger partial charge in [0.2, 0.25) is 0 Å². The van der Waals surface area contributed by atoms with Gasteiger partial charge in [-0.1, -0.05) is 12.5 Å². The molecule has 2 unspecified atom stereocenters. The van der Waals surface area contributed by atoms with E-state index in [-0.39, 0.29) is 17.0 Å². The number of amides is 1. The first-order valence-electron chi connectivity index (χ1n) is 6.66. The van der Waals surface area contributed by atoms with E-state index in [1.807, 2.05) is 0 Å². The highest BCUT2D eigenvalue weighted by molar-refractivity contribution is 6.21. The summed E-state index contributed by atoms with van der Waals surface area (Å²) in [6, 6.07) is 4.51. The fraction of sp³-hybridized carbons (Fsp3) is 0.500. The zero-order valence-electron chi connectivity index (χ0n) is 11.3. The van der Waals surface area contributed by atoms with E-state index in [2.05, 4.69) is 5.32 Å². The van der Waals surface area contributed by atoms with Crippen LogP contribution in [0.2, 0.25) is 0 Å². The Bertz CT molecular complexity index is 533. The van der Waals surface area contributed by atoms with Crippen LogP contribution >= 0.6 is 11.6 Å². The summed E-state index contributed by atoms with van der Waals surface area (Å²) < 4.78 is 0. The number of hydrogen-bond acceptors (Lipinski definition) is 3. The highest BCUT2D eigenvalue weighted by Crippen LogP contribution is 2.29. The first kappa shape index (κ1) is 14.8. The lowest BCUT2D eigenvalue weighted by Crippen LogP contribution is -2.31. The maximum atomic E-state index is 12.0. The molecule has 0 aromatic heterocycles. The van der Waals surface area contributed by atoms with E-state index in [1.54, 1.807) is 19.1 Å². The number of benzene rings is 1. The fourth-order valence-corrected chi connectivity index (χ4v) is 2.86. The molecular formula is C14H17ClN2O3. The van der Waals surface area contributed by atoms with Crippen molar-refractivity contribution in [3.05, 3.63) is 39.4 Å². The van der Waals surface area contributed by atoms with Crippen molar-refractivity contribution in [3.8, 4) is 0 Å². The second kappa shape index (κ2) is 6.22. The standard InChI is InChI=1S/C14H17ClN2O3/c1-9-5-6-10(7-13(9)17(19)20)14(18)16-8-11-3-2-4-12(11)15/h5-7,11-12H,2-4,8H2,1H3,(H,16,18). The van der Waals surface area contributed by atoms with Crippen LogP contribution in [-0.2, 0) is 0 Å². The van der Waals surface area contributed by atoms with Gasteiger partial charge < -0.3 is 5.32 Å². The summed E-state index contributed by atoms with van der Waals surface area (Å²) in [6.07, 6.45) is 3.09. The lowest BCUT2D eigenvalue weighted by Gasteiger charge is -2.14. The molecule has 0 bridgehead atoms. The normalized spacial score (nSPS) is 21.7. The molecule has 1 fully saturated rings. The number of nitro groups is 1. The summed E-state index contributed by atoms with van der Waals surface area (Å²) in [6.45, 7) is 2.17. The number of nitrogens with zero attached hydrogens (tertiary/aromatic N) is 1. The average molecular weight is 297 g/mol. The Morgan fingerprint density at radius 1 is 1.50 bits per heavy atom. The molecule has 1 saturated carbocycles. The molecule has 1 aliphatic rings. The van der Waals surface area contributed by atoms with Gasteiger partial charge in [0.05, 0.1) is 4.92 Å². The van der Waals surface area contributed by atoms with Crippen LogP contribution in [0.1, 0.15) is 35.2 Å². The zero-order valence-corrected chi connectivity index (χ0v) is 12.0. The van der Waals surface area contributed by atoms with Crippen molar-refractivity contribution in [2.75, 3.05) is 6.54 Å². The number of alkyl halides is 1. The van der Waals surface area contributed by atoms with Gasteiger partial charge in [0.25, 0.3) is 11.6 Å². The second-order valence-electron chi connectivity index (χ2n) is 5.18. The van der Waals surface area contributed by atoms with E-state index < -0.39 is 4.92 Å². The van der Waals surface area contributed by atoms with Crippen molar-refractivity contribution in [1.29, 1.82) is 0 Å². The molecule has 6 heteroatoms. The lowest BCUT2D eigenvalue weighted by molar-refractivity contribution is -0.385. The maximum absolute atomic E-state index is 12.0. The Hall–Kier alpha value is -1.62. The number of hydrogen-bond donors (Lipinski definition) is 1. The third kappa shape index (κ3) is 3.28. The third-order valence-corrected chi connectivity index (χ3v) is 4.33. The molecule has 0 aliphatic heterocycles. The third-order valence-electron chi connectivity index (χ3n) is 3.76. The molecule has 1 N–H and O–H groups in total. The topological polar surface area (TPSA) is 72.2 Å². The van der Waals surface area contributed by atoms with E-state index in [4.69, 9.17) is 11.6 Å². The van der Waals surface area contributed by atoms with Gasteiger partial charge in [-0.3, -0.25) is 14.9 Å². The lowest BCUT2D eigenvalue weighted by atomic mass is 10.1. The molecule has 2 rings (SSSR count). The van der Waals surface area contributed by atoms with Crippen LogP contribution < -0.4 is 5.32 Å². The quantitative estimate of drug-likeness (QED) is 0.527. The molecule has 108 valence electrons. The number of carbonyl (C=O) groups is 1. The molecule has 5 nitrogen and oxygen atoms in total. The SMILES string of the molecule is Cc1ccc(C(=O)NCC2CCCC2Cl)cc1[N+](=O)[O-]. The van der Waals surface area contributed by atoms with E-state index in [0.717, 1.165) is 19.3 Å². The Labute approximate surface area is 122 Å². The van der Waals surface area contributed by atoms with E-state index in [9.17, 15) is 14.9 Å². The van der Waals surface area contributed by atoms with Crippen molar-refractivity contribution < 1.29 is 9.72 Å². The van der Waals surface area contributed by atoms with Gasteiger partial charge >= 0.3 is 0 Å². The minimum absolute atomic E-state index is 0.0336. The first-order valence-corrected chi connectivity index (χ1v) is 7.10. The predicted molar refractivity (Wildman–Crippen MR) is 77.1 cm³/mol. The van der Waals surface area contributed by atoms with Gasteiger partial charge in [-0.25, -0.2) is 0 Å². The molecule has 0 radical (unpaired) electrons. The number of nitro benzene ring substituents is 1. The summed E-state index contributed by atoms with van der Waals surface area (Å²) in [5.74, 6) is 0.00455. The van der Waals surface area contributed by atoms with Crippen LogP contribution in [0.15, 0.2) is 18.2 Å². The largest absolute Gasteiger partial charge is 0.352 e. The average Bonchev–Trinajstić information content (AvgIpc) is 2.81. The summed E-state index contributed by atoms with van der Waals surface area (Å²) in [5, 5.41) is 13.8. The zero-order chi connectivity index (χ0) is 14.7. The number of nitrogens with one attached hydrogen (secondary N) is 1. The number of carbonyl (C=O) groups excluding carboxylic acids is 1. The van der Waals surface area contributed by atoms with E-state index in [0.29, 0.717) is 23.6 Å². The van der Waals surface area contributed by atoms with Crippen molar-refractivity contribution >= 4 is 23.2 Å². The van der Waals surface area contributed by atoms with Gasteiger partial charge in [-0.05, 0) is 31.7 Å². The van der Waals surface area contributed by atoms with Gasteiger partial charge in [0.1, 0.15) is 0 Å². The van der Waals surface area contributed by atoms with Gasteiger partial charge in [-0.2, -0.15) is 0 Å². The molecule has 0 heterocycles. The number of aryl methyl sites for hydroxylation is 1. The smallest absolute Gasteiger partial charge is 0.273 e.